The highest BCUT2D eigenvalue weighted by atomic mass is 16.4. The molecule has 0 saturated heterocycles. The maximum atomic E-state index is 11.8. The van der Waals surface area contributed by atoms with Crippen LogP contribution in [0.15, 0.2) is 18.3 Å². The molecule has 0 aliphatic carbocycles. The zero-order chi connectivity index (χ0) is 13.0. The number of carboxylic acids is 1. The van der Waals surface area contributed by atoms with E-state index in [2.05, 4.69) is 10.3 Å². The lowest BCUT2D eigenvalue weighted by molar-refractivity contribution is -0.145. The summed E-state index contributed by atoms with van der Waals surface area (Å²) in [6, 6.07) is 3.45. The van der Waals surface area contributed by atoms with Gasteiger partial charge >= 0.3 is 5.97 Å². The van der Waals surface area contributed by atoms with Crippen LogP contribution in [0.25, 0.3) is 0 Å². The van der Waals surface area contributed by atoms with Gasteiger partial charge in [-0.05, 0) is 19.1 Å². The lowest BCUT2D eigenvalue weighted by atomic mass is 9.95. The molecule has 2 N–H and O–H groups in total. The van der Waals surface area contributed by atoms with Crippen molar-refractivity contribution in [2.75, 3.05) is 5.32 Å². The molecule has 1 amide bonds. The van der Waals surface area contributed by atoms with Gasteiger partial charge in [-0.3, -0.25) is 14.6 Å². The second-order valence-electron chi connectivity index (χ2n) is 4.04. The molecule has 17 heavy (non-hydrogen) atoms. The van der Waals surface area contributed by atoms with Gasteiger partial charge in [-0.2, -0.15) is 0 Å². The van der Waals surface area contributed by atoms with Crippen molar-refractivity contribution in [1.29, 1.82) is 0 Å². The van der Waals surface area contributed by atoms with Gasteiger partial charge in [0.1, 0.15) is 0 Å². The second kappa shape index (κ2) is 5.43. The van der Waals surface area contributed by atoms with Crippen molar-refractivity contribution in [1.82, 2.24) is 4.98 Å². The Bertz CT molecular complexity index is 432. The number of rotatable bonds is 4. The quantitative estimate of drug-likeness (QED) is 0.833. The molecule has 0 bridgehead atoms. The number of aliphatic carboxylic acids is 1. The van der Waals surface area contributed by atoms with E-state index < -0.39 is 17.8 Å². The SMILES string of the molecule is Cc1ncccc1NC(=O)C(C)C(C)C(=O)O. The lowest BCUT2D eigenvalue weighted by Crippen LogP contribution is -2.30. The highest BCUT2D eigenvalue weighted by Crippen LogP contribution is 2.16. The van der Waals surface area contributed by atoms with Crippen LogP contribution in [0.5, 0.6) is 0 Å². The molecule has 0 radical (unpaired) electrons. The van der Waals surface area contributed by atoms with Gasteiger partial charge in [0.15, 0.2) is 0 Å². The van der Waals surface area contributed by atoms with Gasteiger partial charge in [-0.1, -0.05) is 13.8 Å². The van der Waals surface area contributed by atoms with Gasteiger partial charge in [-0.25, -0.2) is 0 Å². The number of pyridine rings is 1. The summed E-state index contributed by atoms with van der Waals surface area (Å²) in [6.45, 7) is 4.89. The van der Waals surface area contributed by atoms with E-state index in [0.717, 1.165) is 0 Å². The highest BCUT2D eigenvalue weighted by Gasteiger charge is 2.25. The fourth-order valence-corrected chi connectivity index (χ4v) is 1.30. The van der Waals surface area contributed by atoms with Crippen molar-refractivity contribution in [3.8, 4) is 0 Å². The molecule has 0 saturated carbocycles. The third-order valence-electron chi connectivity index (χ3n) is 2.82. The van der Waals surface area contributed by atoms with Crippen LogP contribution in [0.2, 0.25) is 0 Å². The van der Waals surface area contributed by atoms with Crippen LogP contribution in [0.4, 0.5) is 5.69 Å². The number of carboxylic acid groups (broad SMARTS) is 1. The van der Waals surface area contributed by atoms with Gasteiger partial charge in [0.2, 0.25) is 5.91 Å². The number of nitrogens with one attached hydrogen (secondary N) is 1. The Morgan fingerprint density at radius 3 is 2.53 bits per heavy atom. The highest BCUT2D eigenvalue weighted by molar-refractivity contribution is 5.95. The molecule has 1 aromatic heterocycles. The van der Waals surface area contributed by atoms with E-state index in [4.69, 9.17) is 5.11 Å². The van der Waals surface area contributed by atoms with E-state index in [0.29, 0.717) is 11.4 Å². The molecule has 1 rings (SSSR count). The Hall–Kier alpha value is -1.91. The van der Waals surface area contributed by atoms with Crippen molar-refractivity contribution in [2.24, 2.45) is 11.8 Å². The fraction of sp³-hybridized carbons (Fsp3) is 0.417. The Labute approximate surface area is 99.9 Å². The second-order valence-corrected chi connectivity index (χ2v) is 4.04. The lowest BCUT2D eigenvalue weighted by Gasteiger charge is -2.16. The smallest absolute Gasteiger partial charge is 0.307 e. The van der Waals surface area contributed by atoms with Gasteiger partial charge in [-0.15, -0.1) is 0 Å². The van der Waals surface area contributed by atoms with E-state index in [1.165, 1.54) is 6.92 Å². The van der Waals surface area contributed by atoms with Crippen LogP contribution < -0.4 is 5.32 Å². The number of nitrogens with zero attached hydrogens (tertiary/aromatic N) is 1. The Morgan fingerprint density at radius 1 is 1.35 bits per heavy atom. The Morgan fingerprint density at radius 2 is 2.00 bits per heavy atom. The first-order valence-corrected chi connectivity index (χ1v) is 5.38. The van der Waals surface area contributed by atoms with Crippen molar-refractivity contribution in [3.63, 3.8) is 0 Å². The molecule has 0 aliphatic heterocycles. The molecule has 5 nitrogen and oxygen atoms in total. The Balaban J connectivity index is 2.73. The third-order valence-corrected chi connectivity index (χ3v) is 2.82. The molecule has 0 aliphatic rings. The van der Waals surface area contributed by atoms with Crippen molar-refractivity contribution in [3.05, 3.63) is 24.0 Å². The zero-order valence-corrected chi connectivity index (χ0v) is 10.1. The molecule has 92 valence electrons. The summed E-state index contributed by atoms with van der Waals surface area (Å²) in [6.07, 6.45) is 1.63. The summed E-state index contributed by atoms with van der Waals surface area (Å²) in [5, 5.41) is 11.5. The normalized spacial score (nSPS) is 13.8. The van der Waals surface area contributed by atoms with Gasteiger partial charge in [0, 0.05) is 12.1 Å². The largest absolute Gasteiger partial charge is 0.481 e. The van der Waals surface area contributed by atoms with Crippen LogP contribution in [-0.2, 0) is 9.59 Å². The first kappa shape index (κ1) is 13.2. The van der Waals surface area contributed by atoms with Gasteiger partial charge in [0.05, 0.1) is 17.3 Å². The van der Waals surface area contributed by atoms with Crippen molar-refractivity contribution in [2.45, 2.75) is 20.8 Å². The molecule has 1 aromatic rings. The molecular weight excluding hydrogens is 220 g/mol. The zero-order valence-electron chi connectivity index (χ0n) is 10.1. The van der Waals surface area contributed by atoms with E-state index in [1.807, 2.05) is 0 Å². The number of anilines is 1. The number of aromatic nitrogens is 1. The van der Waals surface area contributed by atoms with E-state index in [1.54, 1.807) is 32.2 Å². The van der Waals surface area contributed by atoms with Crippen molar-refractivity contribution >= 4 is 17.6 Å². The summed E-state index contributed by atoms with van der Waals surface area (Å²) >= 11 is 0. The predicted molar refractivity (Wildman–Crippen MR) is 63.6 cm³/mol. The number of amides is 1. The standard InChI is InChI=1S/C12H16N2O3/c1-7(8(2)12(16)17)11(15)14-10-5-4-6-13-9(10)3/h4-8H,1-3H3,(H,14,15)(H,16,17). The number of hydrogen-bond acceptors (Lipinski definition) is 3. The van der Waals surface area contributed by atoms with Crippen LogP contribution in [0.1, 0.15) is 19.5 Å². The molecule has 0 fully saturated rings. The maximum absolute atomic E-state index is 11.8. The summed E-state index contributed by atoms with van der Waals surface area (Å²) in [5.41, 5.74) is 1.32. The average Bonchev–Trinajstić information content (AvgIpc) is 2.30. The van der Waals surface area contributed by atoms with Crippen LogP contribution >= 0.6 is 0 Å². The van der Waals surface area contributed by atoms with Crippen molar-refractivity contribution < 1.29 is 14.7 Å². The first-order valence-electron chi connectivity index (χ1n) is 5.38. The third kappa shape index (κ3) is 3.27. The molecule has 5 heteroatoms. The van der Waals surface area contributed by atoms with Gasteiger partial charge < -0.3 is 10.4 Å². The molecule has 2 unspecified atom stereocenters. The fourth-order valence-electron chi connectivity index (χ4n) is 1.30. The van der Waals surface area contributed by atoms with E-state index >= 15 is 0 Å². The number of carbonyl (C=O) groups excluding carboxylic acids is 1. The minimum Gasteiger partial charge on any atom is -0.481 e. The van der Waals surface area contributed by atoms with Crippen LogP contribution in [0.3, 0.4) is 0 Å². The summed E-state index contributed by atoms with van der Waals surface area (Å²) in [5.74, 6) is -2.59. The first-order chi connectivity index (χ1) is 7.93. The minimum atomic E-state index is -0.976. The molecular formula is C12H16N2O3. The summed E-state index contributed by atoms with van der Waals surface area (Å²) in [4.78, 5) is 26.6. The molecule has 0 aromatic carbocycles. The molecule has 1 heterocycles. The van der Waals surface area contributed by atoms with Crippen LogP contribution in [-0.4, -0.2) is 22.0 Å². The van der Waals surface area contributed by atoms with E-state index in [-0.39, 0.29) is 5.91 Å². The number of carbonyl (C=O) groups is 2. The maximum Gasteiger partial charge on any atom is 0.307 e. The topological polar surface area (TPSA) is 79.3 Å². The molecule has 0 spiro atoms. The monoisotopic (exact) mass is 236 g/mol. The summed E-state index contributed by atoms with van der Waals surface area (Å²) in [7, 11) is 0. The van der Waals surface area contributed by atoms with Crippen LogP contribution in [0, 0.1) is 18.8 Å². The molecule has 2 atom stereocenters. The number of aryl methyl sites for hydroxylation is 1. The van der Waals surface area contributed by atoms with Gasteiger partial charge in [0.25, 0.3) is 0 Å². The van der Waals surface area contributed by atoms with E-state index in [9.17, 15) is 9.59 Å². The average molecular weight is 236 g/mol. The Kier molecular flexibility index (Phi) is 4.20. The number of hydrogen-bond donors (Lipinski definition) is 2. The predicted octanol–water partition coefficient (Wildman–Crippen LogP) is 1.69. The summed E-state index contributed by atoms with van der Waals surface area (Å²) < 4.78 is 0. The minimum absolute atomic E-state index is 0.309.